The summed E-state index contributed by atoms with van der Waals surface area (Å²) >= 11 is 5.96. The second-order valence-corrected chi connectivity index (χ2v) is 6.66. The smallest absolute Gasteiger partial charge is 0.375 e. The highest BCUT2D eigenvalue weighted by atomic mass is 35.5. The maximum Gasteiger partial charge on any atom is 0.375 e. The molecule has 7 nitrogen and oxygen atoms in total. The van der Waals surface area contributed by atoms with E-state index in [1.807, 2.05) is 13.8 Å². The van der Waals surface area contributed by atoms with Gasteiger partial charge in [-0.15, -0.1) is 0 Å². The van der Waals surface area contributed by atoms with E-state index in [1.54, 1.807) is 25.1 Å². The number of hydrogen-bond donors (Lipinski definition) is 1. The number of benzene rings is 1. The van der Waals surface area contributed by atoms with Gasteiger partial charge in [-0.1, -0.05) is 31.9 Å². The number of carbonyl (C=O) groups is 3. The van der Waals surface area contributed by atoms with Gasteiger partial charge in [0.05, 0.1) is 7.11 Å². The van der Waals surface area contributed by atoms with Crippen molar-refractivity contribution < 1.29 is 28.3 Å². The van der Waals surface area contributed by atoms with Gasteiger partial charge in [-0.2, -0.15) is 0 Å². The van der Waals surface area contributed by atoms with Crippen LogP contribution in [0.5, 0.6) is 0 Å². The number of esters is 2. The molecule has 0 aliphatic heterocycles. The van der Waals surface area contributed by atoms with Crippen molar-refractivity contribution in [2.75, 3.05) is 13.7 Å². The van der Waals surface area contributed by atoms with Crippen molar-refractivity contribution >= 4 is 40.4 Å². The summed E-state index contributed by atoms with van der Waals surface area (Å²) in [5, 5.41) is 3.75. The lowest BCUT2D eigenvalue weighted by Gasteiger charge is -2.21. The van der Waals surface area contributed by atoms with Gasteiger partial charge in [0.2, 0.25) is 5.76 Å². The van der Waals surface area contributed by atoms with E-state index in [2.05, 4.69) is 5.32 Å². The Morgan fingerprint density at radius 3 is 2.63 bits per heavy atom. The zero-order valence-electron chi connectivity index (χ0n) is 15.6. The molecule has 1 heterocycles. The minimum Gasteiger partial charge on any atom is -0.467 e. The van der Waals surface area contributed by atoms with E-state index >= 15 is 0 Å². The van der Waals surface area contributed by atoms with Crippen molar-refractivity contribution in [2.24, 2.45) is 5.92 Å². The number of nitrogens with one attached hydrogen (secondary N) is 1. The maximum absolute atomic E-state index is 12.3. The third-order valence-electron chi connectivity index (χ3n) is 4.40. The fourth-order valence-corrected chi connectivity index (χ4v) is 2.77. The van der Waals surface area contributed by atoms with E-state index in [4.69, 9.17) is 25.5 Å². The first-order chi connectivity index (χ1) is 12.8. The zero-order chi connectivity index (χ0) is 20.1. The Morgan fingerprint density at radius 1 is 1.30 bits per heavy atom. The summed E-state index contributed by atoms with van der Waals surface area (Å²) in [4.78, 5) is 36.2. The van der Waals surface area contributed by atoms with Crippen molar-refractivity contribution in [3.8, 4) is 0 Å². The first-order valence-corrected chi connectivity index (χ1v) is 8.89. The number of aryl methyl sites for hydroxylation is 1. The molecule has 0 aliphatic carbocycles. The van der Waals surface area contributed by atoms with Crippen LogP contribution in [0.2, 0.25) is 5.02 Å². The average molecular weight is 396 g/mol. The number of ether oxygens (including phenoxy) is 2. The highest BCUT2D eigenvalue weighted by molar-refractivity contribution is 6.31. The van der Waals surface area contributed by atoms with Gasteiger partial charge >= 0.3 is 11.9 Å². The third-order valence-corrected chi connectivity index (χ3v) is 4.64. The number of hydrogen-bond acceptors (Lipinski definition) is 6. The standard InChI is InChI=1S/C19H22ClNO6/c1-5-10(2)16(18(23)25-4)21-15(22)9-26-19(24)17-11(3)13-8-12(20)6-7-14(13)27-17/h6-8,10,16H,5,9H2,1-4H3,(H,21,22)/t10-,16+/m0/s1. The lowest BCUT2D eigenvalue weighted by molar-refractivity contribution is -0.147. The monoisotopic (exact) mass is 395 g/mol. The van der Waals surface area contributed by atoms with E-state index < -0.39 is 30.5 Å². The molecular weight excluding hydrogens is 374 g/mol. The number of fused-ring (bicyclic) bond motifs is 1. The molecule has 8 heteroatoms. The molecule has 1 N–H and O–H groups in total. The van der Waals surface area contributed by atoms with Gasteiger partial charge in [-0.3, -0.25) is 4.79 Å². The second kappa shape index (κ2) is 8.90. The first kappa shape index (κ1) is 20.8. The van der Waals surface area contributed by atoms with Crippen LogP contribution in [-0.2, 0) is 19.1 Å². The van der Waals surface area contributed by atoms with Gasteiger partial charge in [0.25, 0.3) is 5.91 Å². The summed E-state index contributed by atoms with van der Waals surface area (Å²) in [6, 6.07) is 4.19. The fourth-order valence-electron chi connectivity index (χ4n) is 2.60. The molecule has 2 rings (SSSR count). The van der Waals surface area contributed by atoms with Gasteiger partial charge in [0.1, 0.15) is 11.6 Å². The Bertz CT molecular complexity index is 859. The highest BCUT2D eigenvalue weighted by Crippen LogP contribution is 2.28. The van der Waals surface area contributed by atoms with Crippen LogP contribution in [0.1, 0.15) is 36.4 Å². The van der Waals surface area contributed by atoms with Gasteiger partial charge < -0.3 is 19.2 Å². The van der Waals surface area contributed by atoms with Crippen LogP contribution in [0.4, 0.5) is 0 Å². The fraction of sp³-hybridized carbons (Fsp3) is 0.421. The molecule has 0 bridgehead atoms. The quantitative estimate of drug-likeness (QED) is 0.723. The van der Waals surface area contributed by atoms with E-state index in [0.717, 1.165) is 0 Å². The molecule has 0 aliphatic rings. The summed E-state index contributed by atoms with van der Waals surface area (Å²) in [6.07, 6.45) is 0.667. The Hall–Kier alpha value is -2.54. The predicted octanol–water partition coefficient (Wildman–Crippen LogP) is 3.26. The molecule has 0 saturated carbocycles. The molecule has 2 aromatic rings. The van der Waals surface area contributed by atoms with E-state index in [1.165, 1.54) is 7.11 Å². The summed E-state index contributed by atoms with van der Waals surface area (Å²) in [5.41, 5.74) is 1.07. The number of halogens is 1. The van der Waals surface area contributed by atoms with E-state index in [9.17, 15) is 14.4 Å². The van der Waals surface area contributed by atoms with E-state index in [0.29, 0.717) is 28.0 Å². The average Bonchev–Trinajstić information content (AvgIpc) is 2.99. The topological polar surface area (TPSA) is 94.8 Å². The molecule has 27 heavy (non-hydrogen) atoms. The number of furan rings is 1. The number of carbonyl (C=O) groups excluding carboxylic acids is 3. The summed E-state index contributed by atoms with van der Waals surface area (Å²) in [5.74, 6) is -2.04. The minimum absolute atomic E-state index is 0.00603. The normalized spacial score (nSPS) is 13.1. The summed E-state index contributed by atoms with van der Waals surface area (Å²) in [6.45, 7) is 4.87. The number of methoxy groups -OCH3 is 1. The Kier molecular flexibility index (Phi) is 6.85. The SMILES string of the molecule is CC[C@H](C)[C@@H](NC(=O)COC(=O)c1oc2ccc(Cl)cc2c1C)C(=O)OC. The molecule has 0 saturated heterocycles. The van der Waals surface area contributed by atoms with Crippen LogP contribution in [0.15, 0.2) is 22.6 Å². The van der Waals surface area contributed by atoms with Gasteiger partial charge in [-0.25, -0.2) is 9.59 Å². The van der Waals surface area contributed by atoms with Gasteiger partial charge in [0, 0.05) is 16.0 Å². The van der Waals surface area contributed by atoms with Gasteiger partial charge in [0.15, 0.2) is 6.61 Å². The van der Waals surface area contributed by atoms with Crippen molar-refractivity contribution in [1.29, 1.82) is 0 Å². The maximum atomic E-state index is 12.3. The molecule has 146 valence electrons. The number of rotatable bonds is 7. The van der Waals surface area contributed by atoms with Crippen LogP contribution in [-0.4, -0.2) is 37.6 Å². The molecule has 0 fully saturated rings. The molecule has 1 amide bonds. The lowest BCUT2D eigenvalue weighted by atomic mass is 9.99. The molecule has 0 radical (unpaired) electrons. The molecular formula is C19H22ClNO6. The molecule has 1 aromatic carbocycles. The van der Waals surface area contributed by atoms with Crippen molar-refractivity contribution in [1.82, 2.24) is 5.32 Å². The van der Waals surface area contributed by atoms with Crippen LogP contribution >= 0.6 is 11.6 Å². The molecule has 1 aromatic heterocycles. The highest BCUT2D eigenvalue weighted by Gasteiger charge is 2.27. The molecule has 0 spiro atoms. The largest absolute Gasteiger partial charge is 0.467 e. The second-order valence-electron chi connectivity index (χ2n) is 6.23. The van der Waals surface area contributed by atoms with Crippen molar-refractivity contribution in [3.63, 3.8) is 0 Å². The van der Waals surface area contributed by atoms with E-state index in [-0.39, 0.29) is 11.7 Å². The third kappa shape index (κ3) is 4.80. The zero-order valence-corrected chi connectivity index (χ0v) is 16.4. The Balaban J connectivity index is 2.03. The molecule has 0 unspecified atom stereocenters. The summed E-state index contributed by atoms with van der Waals surface area (Å²) in [7, 11) is 1.25. The van der Waals surface area contributed by atoms with Crippen molar-refractivity contribution in [2.45, 2.75) is 33.2 Å². The van der Waals surface area contributed by atoms with Gasteiger partial charge in [-0.05, 0) is 31.0 Å². The molecule has 2 atom stereocenters. The first-order valence-electron chi connectivity index (χ1n) is 8.51. The van der Waals surface area contributed by atoms with Crippen LogP contribution in [0.25, 0.3) is 11.0 Å². The lowest BCUT2D eigenvalue weighted by Crippen LogP contribution is -2.47. The summed E-state index contributed by atoms with van der Waals surface area (Å²) < 4.78 is 15.2. The number of amides is 1. The van der Waals surface area contributed by atoms with Crippen LogP contribution in [0.3, 0.4) is 0 Å². The predicted molar refractivity (Wildman–Crippen MR) is 99.6 cm³/mol. The Labute approximate surface area is 161 Å². The van der Waals surface area contributed by atoms with Crippen LogP contribution < -0.4 is 5.32 Å². The van der Waals surface area contributed by atoms with Crippen molar-refractivity contribution in [3.05, 3.63) is 34.5 Å². The minimum atomic E-state index is -0.804. The van der Waals surface area contributed by atoms with Crippen LogP contribution in [0, 0.1) is 12.8 Å². The Morgan fingerprint density at radius 2 is 2.00 bits per heavy atom.